The predicted molar refractivity (Wildman–Crippen MR) is 89.6 cm³/mol. The van der Waals surface area contributed by atoms with Crippen molar-refractivity contribution in [1.29, 1.82) is 0 Å². The molecule has 2 N–H and O–H groups in total. The van der Waals surface area contributed by atoms with Gasteiger partial charge in [-0.25, -0.2) is 0 Å². The number of unbranched alkanes of at least 4 members (excludes halogenated alkanes) is 3. The van der Waals surface area contributed by atoms with Crippen molar-refractivity contribution in [2.75, 3.05) is 5.32 Å². The van der Waals surface area contributed by atoms with Gasteiger partial charge in [-0.3, -0.25) is 4.79 Å². The summed E-state index contributed by atoms with van der Waals surface area (Å²) in [5.41, 5.74) is 0.507. The molecule has 0 heterocycles. The lowest BCUT2D eigenvalue weighted by molar-refractivity contribution is -0.119. The fourth-order valence-corrected chi connectivity index (χ4v) is 2.37. The molecule has 20 heavy (non-hydrogen) atoms. The molecule has 110 valence electrons. The Hall–Kier alpha value is -0.840. The third-order valence-corrected chi connectivity index (χ3v) is 3.55. The van der Waals surface area contributed by atoms with Crippen molar-refractivity contribution in [2.45, 2.75) is 39.0 Å². The zero-order chi connectivity index (χ0) is 15.0. The van der Waals surface area contributed by atoms with E-state index in [-0.39, 0.29) is 11.0 Å². The van der Waals surface area contributed by atoms with E-state index in [1.54, 1.807) is 18.2 Å². The van der Waals surface area contributed by atoms with Crippen molar-refractivity contribution >= 4 is 52.1 Å². The Labute approximate surface area is 135 Å². The highest BCUT2D eigenvalue weighted by Crippen LogP contribution is 2.29. The topological polar surface area (TPSA) is 41.1 Å². The van der Waals surface area contributed by atoms with Gasteiger partial charge in [-0.15, -0.1) is 0 Å². The van der Waals surface area contributed by atoms with Gasteiger partial charge in [0.2, 0.25) is 5.91 Å². The van der Waals surface area contributed by atoms with Crippen LogP contribution in [0.5, 0.6) is 0 Å². The maximum Gasteiger partial charge on any atom is 0.226 e. The monoisotopic (exact) mass is 332 g/mol. The van der Waals surface area contributed by atoms with Crippen LogP contribution in [-0.2, 0) is 4.79 Å². The van der Waals surface area contributed by atoms with Gasteiger partial charge in [0.1, 0.15) is 0 Å². The highest BCUT2D eigenvalue weighted by atomic mass is 35.5. The Morgan fingerprint density at radius 1 is 1.20 bits per heavy atom. The molecule has 6 heteroatoms. The number of hydrogen-bond acceptors (Lipinski definition) is 2. The molecule has 0 atom stereocenters. The number of rotatable bonds is 6. The van der Waals surface area contributed by atoms with E-state index in [0.717, 1.165) is 25.7 Å². The minimum Gasteiger partial charge on any atom is -0.330 e. The largest absolute Gasteiger partial charge is 0.330 e. The van der Waals surface area contributed by atoms with Gasteiger partial charge in [0.15, 0.2) is 5.11 Å². The van der Waals surface area contributed by atoms with E-state index < -0.39 is 0 Å². The van der Waals surface area contributed by atoms with Crippen molar-refractivity contribution in [1.82, 2.24) is 5.32 Å². The molecule has 1 aromatic carbocycles. The van der Waals surface area contributed by atoms with Gasteiger partial charge in [0, 0.05) is 6.42 Å². The molecule has 0 fully saturated rings. The summed E-state index contributed by atoms with van der Waals surface area (Å²) >= 11 is 17.1. The lowest BCUT2D eigenvalue weighted by Crippen LogP contribution is -2.34. The smallest absolute Gasteiger partial charge is 0.226 e. The first-order chi connectivity index (χ1) is 9.54. The van der Waals surface area contributed by atoms with Crippen molar-refractivity contribution in [2.24, 2.45) is 0 Å². The van der Waals surface area contributed by atoms with E-state index in [2.05, 4.69) is 17.6 Å². The van der Waals surface area contributed by atoms with Gasteiger partial charge < -0.3 is 10.6 Å². The number of nitrogens with one attached hydrogen (secondary N) is 2. The van der Waals surface area contributed by atoms with Crippen LogP contribution in [0.25, 0.3) is 0 Å². The Balaban J connectivity index is 2.42. The van der Waals surface area contributed by atoms with E-state index >= 15 is 0 Å². The van der Waals surface area contributed by atoms with E-state index in [1.807, 2.05) is 0 Å². The number of para-hydroxylation sites is 1. The molecule has 1 aromatic rings. The molecular weight excluding hydrogens is 315 g/mol. The third-order valence-electron chi connectivity index (χ3n) is 2.71. The molecule has 1 amide bonds. The fraction of sp³-hybridized carbons (Fsp3) is 0.429. The molecule has 0 unspecified atom stereocenters. The summed E-state index contributed by atoms with van der Waals surface area (Å²) < 4.78 is 0. The van der Waals surface area contributed by atoms with Crippen LogP contribution in [0, 0.1) is 0 Å². The standard InChI is InChI=1S/C14H18Cl2N2OS/c1-2-3-4-5-9-12(19)17-14(20)18-13-10(15)7-6-8-11(13)16/h6-8H,2-5,9H2,1H3,(H2,17,18,19,20). The van der Waals surface area contributed by atoms with Crippen LogP contribution < -0.4 is 10.6 Å². The van der Waals surface area contributed by atoms with Crippen molar-refractivity contribution in [3.63, 3.8) is 0 Å². The third kappa shape index (κ3) is 6.07. The highest BCUT2D eigenvalue weighted by Gasteiger charge is 2.09. The summed E-state index contributed by atoms with van der Waals surface area (Å²) in [6, 6.07) is 5.14. The summed E-state index contributed by atoms with van der Waals surface area (Å²) in [7, 11) is 0. The maximum atomic E-state index is 11.7. The van der Waals surface area contributed by atoms with Crippen LogP contribution in [0.3, 0.4) is 0 Å². The van der Waals surface area contributed by atoms with Crippen LogP contribution in [-0.4, -0.2) is 11.0 Å². The van der Waals surface area contributed by atoms with Crippen molar-refractivity contribution in [3.8, 4) is 0 Å². The molecule has 3 nitrogen and oxygen atoms in total. The lowest BCUT2D eigenvalue weighted by Gasteiger charge is -2.12. The fourth-order valence-electron chi connectivity index (χ4n) is 1.66. The van der Waals surface area contributed by atoms with Crippen molar-refractivity contribution in [3.05, 3.63) is 28.2 Å². The number of thiocarbonyl (C=S) groups is 1. The van der Waals surface area contributed by atoms with E-state index in [9.17, 15) is 4.79 Å². The second-order valence-electron chi connectivity index (χ2n) is 4.41. The molecule has 0 aliphatic carbocycles. The minimum atomic E-state index is -0.0956. The number of anilines is 1. The Morgan fingerprint density at radius 2 is 1.85 bits per heavy atom. The summed E-state index contributed by atoms with van der Waals surface area (Å²) in [5.74, 6) is -0.0956. The molecule has 0 aromatic heterocycles. The van der Waals surface area contributed by atoms with Gasteiger partial charge in [-0.05, 0) is 30.8 Å². The lowest BCUT2D eigenvalue weighted by atomic mass is 10.1. The first kappa shape index (κ1) is 17.2. The second-order valence-corrected chi connectivity index (χ2v) is 5.63. The first-order valence-electron chi connectivity index (χ1n) is 6.59. The summed E-state index contributed by atoms with van der Waals surface area (Å²) in [6.45, 7) is 2.13. The van der Waals surface area contributed by atoms with Crippen LogP contribution in [0.15, 0.2) is 18.2 Å². The number of amides is 1. The minimum absolute atomic E-state index is 0.0956. The van der Waals surface area contributed by atoms with E-state index in [4.69, 9.17) is 35.4 Å². The number of hydrogen-bond donors (Lipinski definition) is 2. The molecule has 0 aliphatic rings. The molecule has 0 saturated carbocycles. The molecular formula is C14H18Cl2N2OS. The molecule has 0 bridgehead atoms. The van der Waals surface area contributed by atoms with Gasteiger partial charge in [-0.1, -0.05) is 55.5 Å². The normalized spacial score (nSPS) is 10.2. The maximum absolute atomic E-state index is 11.7. The van der Waals surface area contributed by atoms with Gasteiger partial charge in [0.25, 0.3) is 0 Å². The van der Waals surface area contributed by atoms with Gasteiger partial charge in [0.05, 0.1) is 15.7 Å². The molecule has 0 aliphatic heterocycles. The summed E-state index contributed by atoms with van der Waals surface area (Å²) in [5, 5.41) is 6.59. The van der Waals surface area contributed by atoms with E-state index in [1.165, 1.54) is 0 Å². The molecule has 0 spiro atoms. The Kier molecular flexibility index (Phi) is 7.88. The van der Waals surface area contributed by atoms with Crippen LogP contribution in [0.2, 0.25) is 10.0 Å². The summed E-state index contributed by atoms with van der Waals surface area (Å²) in [6.07, 6.45) is 4.69. The predicted octanol–water partition coefficient (Wildman–Crippen LogP) is 4.78. The zero-order valence-corrected chi connectivity index (χ0v) is 13.7. The van der Waals surface area contributed by atoms with Crippen LogP contribution in [0.1, 0.15) is 39.0 Å². The average molecular weight is 333 g/mol. The number of halogens is 2. The first-order valence-corrected chi connectivity index (χ1v) is 7.76. The number of carbonyl (C=O) groups excluding carboxylic acids is 1. The van der Waals surface area contributed by atoms with Crippen LogP contribution in [0.4, 0.5) is 5.69 Å². The molecule has 0 radical (unpaired) electrons. The molecule has 1 rings (SSSR count). The summed E-state index contributed by atoms with van der Waals surface area (Å²) in [4.78, 5) is 11.7. The zero-order valence-electron chi connectivity index (χ0n) is 11.3. The number of benzene rings is 1. The second kappa shape index (κ2) is 9.16. The quantitative estimate of drug-likeness (QED) is 0.582. The molecule has 0 saturated heterocycles. The Bertz CT molecular complexity index is 460. The average Bonchev–Trinajstić information content (AvgIpc) is 2.39. The number of carbonyl (C=O) groups is 1. The highest BCUT2D eigenvalue weighted by molar-refractivity contribution is 7.80. The van der Waals surface area contributed by atoms with Gasteiger partial charge in [-0.2, -0.15) is 0 Å². The Morgan fingerprint density at radius 3 is 2.45 bits per heavy atom. The van der Waals surface area contributed by atoms with E-state index in [0.29, 0.717) is 22.2 Å². The van der Waals surface area contributed by atoms with Gasteiger partial charge >= 0.3 is 0 Å². The van der Waals surface area contributed by atoms with Crippen molar-refractivity contribution < 1.29 is 4.79 Å². The van der Waals surface area contributed by atoms with Crippen LogP contribution >= 0.6 is 35.4 Å². The SMILES string of the molecule is CCCCCCC(=O)NC(=S)Nc1c(Cl)cccc1Cl.